The topological polar surface area (TPSA) is 81.5 Å². The van der Waals surface area contributed by atoms with Crippen LogP contribution in [0.3, 0.4) is 0 Å². The minimum absolute atomic E-state index is 0.00622. The summed E-state index contributed by atoms with van der Waals surface area (Å²) in [7, 11) is 0. The maximum Gasteiger partial charge on any atom is 0.288 e. The van der Waals surface area contributed by atoms with Crippen LogP contribution in [0.2, 0.25) is 5.02 Å². The molecule has 0 bridgehead atoms. The van der Waals surface area contributed by atoms with Crippen molar-refractivity contribution in [2.24, 2.45) is 5.41 Å². The second-order valence-electron chi connectivity index (χ2n) is 5.53. The van der Waals surface area contributed by atoms with Crippen LogP contribution in [0.25, 0.3) is 0 Å². The number of hydrogen-bond acceptors (Lipinski definition) is 4. The molecule has 1 aliphatic heterocycles. The fourth-order valence-corrected chi connectivity index (χ4v) is 2.42. The highest BCUT2D eigenvalue weighted by Gasteiger charge is 2.28. The zero-order chi connectivity index (χ0) is 15.5. The highest BCUT2D eigenvalue weighted by Crippen LogP contribution is 2.29. The first-order valence-corrected chi connectivity index (χ1v) is 7.09. The van der Waals surface area contributed by atoms with Crippen molar-refractivity contribution in [3.05, 3.63) is 38.9 Å². The van der Waals surface area contributed by atoms with Crippen LogP contribution in [-0.4, -0.2) is 30.6 Å². The Labute approximate surface area is 127 Å². The maximum absolute atomic E-state index is 12.1. The van der Waals surface area contributed by atoms with Gasteiger partial charge in [-0.1, -0.05) is 18.5 Å². The Morgan fingerprint density at radius 3 is 2.76 bits per heavy atom. The number of nitrogens with zero attached hydrogens (tertiary/aromatic N) is 1. The highest BCUT2D eigenvalue weighted by atomic mass is 35.5. The lowest BCUT2D eigenvalue weighted by atomic mass is 9.82. The molecule has 0 spiro atoms. The fraction of sp³-hybridized carbons (Fsp3) is 0.500. The number of ether oxygens (including phenoxy) is 1. The summed E-state index contributed by atoms with van der Waals surface area (Å²) in [6, 6.07) is 4.05. The summed E-state index contributed by atoms with van der Waals surface area (Å²) in [6.45, 7) is 4.00. The Morgan fingerprint density at radius 1 is 1.48 bits per heavy atom. The monoisotopic (exact) mass is 312 g/mol. The minimum Gasteiger partial charge on any atom is -0.381 e. The molecule has 1 fully saturated rings. The van der Waals surface area contributed by atoms with Crippen LogP contribution in [-0.2, 0) is 4.74 Å². The van der Waals surface area contributed by atoms with Crippen LogP contribution in [0, 0.1) is 15.5 Å². The number of carbonyl (C=O) groups excluding carboxylic acids is 1. The quantitative estimate of drug-likeness (QED) is 0.684. The Hall–Kier alpha value is -1.66. The van der Waals surface area contributed by atoms with E-state index in [4.69, 9.17) is 16.3 Å². The van der Waals surface area contributed by atoms with E-state index < -0.39 is 4.92 Å². The van der Waals surface area contributed by atoms with Gasteiger partial charge < -0.3 is 10.1 Å². The first kappa shape index (κ1) is 15.7. The van der Waals surface area contributed by atoms with Gasteiger partial charge >= 0.3 is 0 Å². The smallest absolute Gasteiger partial charge is 0.288 e. The lowest BCUT2D eigenvalue weighted by Gasteiger charge is -2.33. The Balaban J connectivity index is 2.03. The molecule has 1 saturated heterocycles. The molecule has 114 valence electrons. The summed E-state index contributed by atoms with van der Waals surface area (Å²) in [4.78, 5) is 22.3. The van der Waals surface area contributed by atoms with Gasteiger partial charge in [-0.15, -0.1) is 0 Å². The van der Waals surface area contributed by atoms with Crippen LogP contribution in [0.1, 0.15) is 30.1 Å². The number of hydrogen-bond donors (Lipinski definition) is 1. The van der Waals surface area contributed by atoms with Gasteiger partial charge in [0.1, 0.15) is 5.02 Å². The summed E-state index contributed by atoms with van der Waals surface area (Å²) >= 11 is 5.73. The summed E-state index contributed by atoms with van der Waals surface area (Å²) in [5.74, 6) is -0.331. The third kappa shape index (κ3) is 3.92. The van der Waals surface area contributed by atoms with Gasteiger partial charge in [-0.2, -0.15) is 0 Å². The summed E-state index contributed by atoms with van der Waals surface area (Å²) in [5, 5.41) is 13.7. The second-order valence-corrected chi connectivity index (χ2v) is 5.94. The Kier molecular flexibility index (Phi) is 4.80. The largest absolute Gasteiger partial charge is 0.381 e. The van der Waals surface area contributed by atoms with Crippen molar-refractivity contribution in [1.29, 1.82) is 0 Å². The maximum atomic E-state index is 12.1. The van der Waals surface area contributed by atoms with Crippen molar-refractivity contribution in [2.45, 2.75) is 19.8 Å². The van der Waals surface area contributed by atoms with E-state index in [1.165, 1.54) is 18.2 Å². The molecule has 1 aromatic carbocycles. The molecule has 0 aliphatic carbocycles. The van der Waals surface area contributed by atoms with Gasteiger partial charge in [0.05, 0.1) is 4.92 Å². The van der Waals surface area contributed by atoms with E-state index in [0.29, 0.717) is 19.8 Å². The van der Waals surface area contributed by atoms with Gasteiger partial charge in [-0.25, -0.2) is 0 Å². The third-order valence-electron chi connectivity index (χ3n) is 3.78. The van der Waals surface area contributed by atoms with Crippen LogP contribution < -0.4 is 5.32 Å². The highest BCUT2D eigenvalue weighted by molar-refractivity contribution is 6.32. The molecular weight excluding hydrogens is 296 g/mol. The molecular formula is C14H17ClN2O4. The van der Waals surface area contributed by atoms with Gasteiger partial charge in [-0.05, 0) is 30.4 Å². The zero-order valence-electron chi connectivity index (χ0n) is 11.7. The number of rotatable bonds is 4. The molecule has 1 N–H and O–H groups in total. The SMILES string of the molecule is CC1(CNC(=O)c2ccc(Cl)c([N+](=O)[O-])c2)CCOCC1. The molecule has 0 radical (unpaired) electrons. The van der Waals surface area contributed by atoms with Crippen molar-refractivity contribution in [3.63, 3.8) is 0 Å². The van der Waals surface area contributed by atoms with Crippen molar-refractivity contribution < 1.29 is 14.5 Å². The second kappa shape index (κ2) is 6.41. The summed E-state index contributed by atoms with van der Waals surface area (Å²) in [6.07, 6.45) is 1.77. The van der Waals surface area contributed by atoms with Gasteiger partial charge in [0.25, 0.3) is 11.6 Å². The van der Waals surface area contributed by atoms with Crippen molar-refractivity contribution in [1.82, 2.24) is 5.32 Å². The Bertz CT molecular complexity index is 556. The van der Waals surface area contributed by atoms with Gasteiger partial charge in [0, 0.05) is 31.4 Å². The predicted octanol–water partition coefficient (Wildman–Crippen LogP) is 2.79. The molecule has 21 heavy (non-hydrogen) atoms. The number of halogens is 1. The van der Waals surface area contributed by atoms with E-state index in [1.807, 2.05) is 0 Å². The lowest BCUT2D eigenvalue weighted by Crippen LogP contribution is -2.39. The summed E-state index contributed by atoms with van der Waals surface area (Å²) < 4.78 is 5.31. The standard InChI is InChI=1S/C14H17ClN2O4/c1-14(4-6-21-7-5-14)9-16-13(18)10-2-3-11(15)12(8-10)17(19)20/h2-3,8H,4-7,9H2,1H3,(H,16,18). The number of nitro groups is 1. The van der Waals surface area contributed by atoms with Crippen molar-refractivity contribution in [3.8, 4) is 0 Å². The van der Waals surface area contributed by atoms with Crippen LogP contribution in [0.15, 0.2) is 18.2 Å². The third-order valence-corrected chi connectivity index (χ3v) is 4.10. The van der Waals surface area contributed by atoms with E-state index in [1.54, 1.807) is 0 Å². The normalized spacial score (nSPS) is 17.2. The van der Waals surface area contributed by atoms with Crippen molar-refractivity contribution >= 4 is 23.2 Å². The molecule has 6 nitrogen and oxygen atoms in total. The molecule has 7 heteroatoms. The first-order chi connectivity index (χ1) is 9.91. The molecule has 0 saturated carbocycles. The number of carbonyl (C=O) groups is 1. The molecule has 0 unspecified atom stereocenters. The molecule has 0 aromatic heterocycles. The zero-order valence-corrected chi connectivity index (χ0v) is 12.5. The van der Waals surface area contributed by atoms with Gasteiger partial charge in [0.2, 0.25) is 0 Å². The molecule has 1 aromatic rings. The Morgan fingerprint density at radius 2 is 2.14 bits per heavy atom. The predicted molar refractivity (Wildman–Crippen MR) is 78.6 cm³/mol. The van der Waals surface area contributed by atoms with Gasteiger partial charge in [-0.3, -0.25) is 14.9 Å². The molecule has 0 atom stereocenters. The number of amides is 1. The van der Waals surface area contributed by atoms with Crippen LogP contribution >= 0.6 is 11.6 Å². The van der Waals surface area contributed by atoms with Gasteiger partial charge in [0.15, 0.2) is 0 Å². The molecule has 1 aliphatic rings. The van der Waals surface area contributed by atoms with E-state index >= 15 is 0 Å². The fourth-order valence-electron chi connectivity index (χ4n) is 2.23. The molecule has 2 rings (SSSR count). The summed E-state index contributed by atoms with van der Waals surface area (Å²) in [5.41, 5.74) is -0.0185. The van der Waals surface area contributed by atoms with Crippen LogP contribution in [0.4, 0.5) is 5.69 Å². The van der Waals surface area contributed by atoms with E-state index in [-0.39, 0.29) is 27.6 Å². The average molecular weight is 313 g/mol. The molecule has 1 heterocycles. The van der Waals surface area contributed by atoms with Crippen molar-refractivity contribution in [2.75, 3.05) is 19.8 Å². The van der Waals surface area contributed by atoms with E-state index in [2.05, 4.69) is 12.2 Å². The number of nitro benzene ring substituents is 1. The number of nitrogens with one attached hydrogen (secondary N) is 1. The van der Waals surface area contributed by atoms with E-state index in [9.17, 15) is 14.9 Å². The first-order valence-electron chi connectivity index (χ1n) is 6.71. The van der Waals surface area contributed by atoms with E-state index in [0.717, 1.165) is 12.8 Å². The van der Waals surface area contributed by atoms with Crippen LogP contribution in [0.5, 0.6) is 0 Å². The minimum atomic E-state index is -0.598. The number of benzene rings is 1. The molecule has 1 amide bonds. The average Bonchev–Trinajstić information content (AvgIpc) is 2.46. The lowest BCUT2D eigenvalue weighted by molar-refractivity contribution is -0.384.